The monoisotopic (exact) mass is 325 g/mol. The maximum atomic E-state index is 5.16. The van der Waals surface area contributed by atoms with Crippen molar-refractivity contribution in [3.63, 3.8) is 0 Å². The number of nitrogens with one attached hydrogen (secondary N) is 1. The standard InChI is InChI=1S/C18H23N5O/c1-24-12-11-19-18-20-15-10-6-5-9-14(15)17-22-21-16(23(17)18)13-7-3-2-4-8-13/h5-6,9-10,13H,2-4,7-8,11-12H2,1H3,(H,19,20). The average molecular weight is 325 g/mol. The van der Waals surface area contributed by atoms with Crippen LogP contribution in [0.4, 0.5) is 5.95 Å². The molecule has 126 valence electrons. The van der Waals surface area contributed by atoms with Gasteiger partial charge in [-0.15, -0.1) is 10.2 Å². The summed E-state index contributed by atoms with van der Waals surface area (Å²) < 4.78 is 7.28. The van der Waals surface area contributed by atoms with E-state index in [9.17, 15) is 0 Å². The van der Waals surface area contributed by atoms with Crippen molar-refractivity contribution in [2.45, 2.75) is 38.0 Å². The van der Waals surface area contributed by atoms with Crippen molar-refractivity contribution in [3.8, 4) is 0 Å². The summed E-state index contributed by atoms with van der Waals surface area (Å²) >= 11 is 0. The van der Waals surface area contributed by atoms with Gasteiger partial charge in [0.15, 0.2) is 5.65 Å². The third-order valence-corrected chi connectivity index (χ3v) is 4.83. The molecule has 1 N–H and O–H groups in total. The highest BCUT2D eigenvalue weighted by Crippen LogP contribution is 2.33. The predicted octanol–water partition coefficient (Wildman–Crippen LogP) is 3.38. The summed E-state index contributed by atoms with van der Waals surface area (Å²) in [5.41, 5.74) is 1.83. The number of benzene rings is 1. The maximum Gasteiger partial charge on any atom is 0.210 e. The van der Waals surface area contributed by atoms with Crippen LogP contribution in [0.2, 0.25) is 0 Å². The highest BCUT2D eigenvalue weighted by atomic mass is 16.5. The van der Waals surface area contributed by atoms with Crippen LogP contribution in [0.5, 0.6) is 0 Å². The first-order valence-electron chi connectivity index (χ1n) is 8.75. The van der Waals surface area contributed by atoms with E-state index in [2.05, 4.69) is 26.0 Å². The van der Waals surface area contributed by atoms with Gasteiger partial charge in [-0.25, -0.2) is 9.38 Å². The van der Waals surface area contributed by atoms with Crippen molar-refractivity contribution in [3.05, 3.63) is 30.1 Å². The zero-order chi connectivity index (χ0) is 16.4. The lowest BCUT2D eigenvalue weighted by Gasteiger charge is -2.21. The number of para-hydroxylation sites is 1. The molecular formula is C18H23N5O. The van der Waals surface area contributed by atoms with Crippen LogP contribution in [0, 0.1) is 0 Å². The van der Waals surface area contributed by atoms with Crippen molar-refractivity contribution < 1.29 is 4.74 Å². The summed E-state index contributed by atoms with van der Waals surface area (Å²) in [5, 5.41) is 13.5. The summed E-state index contributed by atoms with van der Waals surface area (Å²) in [6.45, 7) is 1.34. The van der Waals surface area contributed by atoms with E-state index >= 15 is 0 Å². The van der Waals surface area contributed by atoms with Crippen molar-refractivity contribution in [2.75, 3.05) is 25.6 Å². The van der Waals surface area contributed by atoms with Gasteiger partial charge < -0.3 is 10.1 Å². The molecular weight excluding hydrogens is 302 g/mol. The van der Waals surface area contributed by atoms with E-state index in [-0.39, 0.29) is 0 Å². The minimum atomic E-state index is 0.472. The largest absolute Gasteiger partial charge is 0.383 e. The number of rotatable bonds is 5. The second-order valence-electron chi connectivity index (χ2n) is 6.42. The fourth-order valence-electron chi connectivity index (χ4n) is 3.61. The van der Waals surface area contributed by atoms with Gasteiger partial charge in [0.2, 0.25) is 5.95 Å². The molecule has 6 nitrogen and oxygen atoms in total. The number of hydrogen-bond acceptors (Lipinski definition) is 5. The molecule has 4 rings (SSSR count). The van der Waals surface area contributed by atoms with Crippen LogP contribution in [0.25, 0.3) is 16.6 Å². The fourth-order valence-corrected chi connectivity index (χ4v) is 3.61. The second kappa shape index (κ2) is 6.73. The Morgan fingerprint density at radius 2 is 2.00 bits per heavy atom. The Labute approximate surface area is 141 Å². The Balaban J connectivity index is 1.86. The number of ether oxygens (including phenoxy) is 1. The fraction of sp³-hybridized carbons (Fsp3) is 0.500. The van der Waals surface area contributed by atoms with E-state index < -0.39 is 0 Å². The summed E-state index contributed by atoms with van der Waals surface area (Å²) in [4.78, 5) is 4.82. The smallest absolute Gasteiger partial charge is 0.210 e. The predicted molar refractivity (Wildman–Crippen MR) is 94.5 cm³/mol. The number of nitrogens with zero attached hydrogens (tertiary/aromatic N) is 4. The number of hydrogen-bond donors (Lipinski definition) is 1. The van der Waals surface area contributed by atoms with Crippen LogP contribution in [0.15, 0.2) is 24.3 Å². The van der Waals surface area contributed by atoms with Crippen LogP contribution >= 0.6 is 0 Å². The maximum absolute atomic E-state index is 5.16. The molecule has 0 saturated heterocycles. The number of anilines is 1. The van der Waals surface area contributed by atoms with E-state index in [1.165, 1.54) is 32.1 Å². The normalized spacial score (nSPS) is 16.0. The van der Waals surface area contributed by atoms with Crippen molar-refractivity contribution >= 4 is 22.5 Å². The molecule has 1 aromatic carbocycles. The zero-order valence-electron chi connectivity index (χ0n) is 14.0. The highest BCUT2D eigenvalue weighted by molar-refractivity contribution is 5.92. The van der Waals surface area contributed by atoms with Crippen molar-refractivity contribution in [1.29, 1.82) is 0 Å². The van der Waals surface area contributed by atoms with Gasteiger partial charge in [0.25, 0.3) is 0 Å². The molecule has 1 fully saturated rings. The van der Waals surface area contributed by atoms with Crippen molar-refractivity contribution in [2.24, 2.45) is 0 Å². The van der Waals surface area contributed by atoms with Gasteiger partial charge in [-0.2, -0.15) is 0 Å². The lowest BCUT2D eigenvalue weighted by Crippen LogP contribution is -2.15. The van der Waals surface area contributed by atoms with Crippen LogP contribution in [-0.2, 0) is 4.74 Å². The average Bonchev–Trinajstić information content (AvgIpc) is 3.08. The molecule has 2 aromatic heterocycles. The molecule has 0 bridgehead atoms. The number of aromatic nitrogens is 4. The van der Waals surface area contributed by atoms with Gasteiger partial charge >= 0.3 is 0 Å². The van der Waals surface area contributed by atoms with E-state index in [0.29, 0.717) is 19.1 Å². The van der Waals surface area contributed by atoms with Gasteiger partial charge in [-0.1, -0.05) is 31.4 Å². The van der Waals surface area contributed by atoms with Crippen LogP contribution < -0.4 is 5.32 Å². The molecule has 0 radical (unpaired) electrons. The first kappa shape index (κ1) is 15.3. The van der Waals surface area contributed by atoms with Gasteiger partial charge in [-0.3, -0.25) is 0 Å². The third kappa shape index (κ3) is 2.71. The van der Waals surface area contributed by atoms with E-state index in [1.807, 2.05) is 18.2 Å². The molecule has 0 aliphatic heterocycles. The molecule has 0 unspecified atom stereocenters. The molecule has 0 amide bonds. The zero-order valence-corrected chi connectivity index (χ0v) is 14.0. The van der Waals surface area contributed by atoms with Crippen molar-refractivity contribution in [1.82, 2.24) is 19.6 Å². The summed E-state index contributed by atoms with van der Waals surface area (Å²) in [6, 6.07) is 8.11. The second-order valence-corrected chi connectivity index (χ2v) is 6.42. The molecule has 0 spiro atoms. The molecule has 1 saturated carbocycles. The summed E-state index contributed by atoms with van der Waals surface area (Å²) in [6.07, 6.45) is 6.24. The van der Waals surface area contributed by atoms with E-state index in [0.717, 1.165) is 28.3 Å². The third-order valence-electron chi connectivity index (χ3n) is 4.83. The Hall–Kier alpha value is -2.21. The van der Waals surface area contributed by atoms with Gasteiger partial charge in [0.1, 0.15) is 5.82 Å². The van der Waals surface area contributed by atoms with E-state index in [1.54, 1.807) is 7.11 Å². The first-order chi connectivity index (χ1) is 11.9. The Morgan fingerprint density at radius 1 is 1.17 bits per heavy atom. The highest BCUT2D eigenvalue weighted by Gasteiger charge is 2.23. The van der Waals surface area contributed by atoms with Crippen LogP contribution in [-0.4, -0.2) is 39.8 Å². The molecule has 2 heterocycles. The minimum absolute atomic E-state index is 0.472. The molecule has 6 heteroatoms. The lowest BCUT2D eigenvalue weighted by molar-refractivity contribution is 0.210. The molecule has 1 aliphatic rings. The Bertz CT molecular complexity index is 838. The Morgan fingerprint density at radius 3 is 2.83 bits per heavy atom. The quantitative estimate of drug-likeness (QED) is 0.729. The first-order valence-corrected chi connectivity index (χ1v) is 8.75. The lowest BCUT2D eigenvalue weighted by atomic mass is 9.89. The number of fused-ring (bicyclic) bond motifs is 3. The summed E-state index contributed by atoms with van der Waals surface area (Å²) in [5.74, 6) is 2.33. The number of methoxy groups -OCH3 is 1. The molecule has 0 atom stereocenters. The minimum Gasteiger partial charge on any atom is -0.383 e. The van der Waals surface area contributed by atoms with Crippen LogP contribution in [0.3, 0.4) is 0 Å². The SMILES string of the molecule is COCCNc1nc2ccccc2c2nnc(C3CCCCC3)n12. The van der Waals surface area contributed by atoms with Gasteiger partial charge in [0, 0.05) is 25.0 Å². The topological polar surface area (TPSA) is 64.3 Å². The van der Waals surface area contributed by atoms with Gasteiger partial charge in [0.05, 0.1) is 12.1 Å². The molecule has 3 aromatic rings. The molecule has 1 aliphatic carbocycles. The molecule has 24 heavy (non-hydrogen) atoms. The van der Waals surface area contributed by atoms with Gasteiger partial charge in [-0.05, 0) is 25.0 Å². The van der Waals surface area contributed by atoms with Crippen LogP contribution in [0.1, 0.15) is 43.8 Å². The Kier molecular flexibility index (Phi) is 4.30. The van der Waals surface area contributed by atoms with E-state index in [4.69, 9.17) is 9.72 Å². The summed E-state index contributed by atoms with van der Waals surface area (Å²) in [7, 11) is 1.71.